The molecule has 1 atom stereocenters. The van der Waals surface area contributed by atoms with Crippen molar-refractivity contribution < 1.29 is 8.81 Å². The van der Waals surface area contributed by atoms with Gasteiger partial charge in [0.1, 0.15) is 11.3 Å². The topological polar surface area (TPSA) is 38.1 Å². The van der Waals surface area contributed by atoms with Gasteiger partial charge in [-0.3, -0.25) is 0 Å². The van der Waals surface area contributed by atoms with E-state index in [1.807, 2.05) is 18.2 Å². The van der Waals surface area contributed by atoms with Crippen molar-refractivity contribution in [2.24, 2.45) is 0 Å². The van der Waals surface area contributed by atoms with Crippen LogP contribution in [-0.2, 0) is 0 Å². The van der Waals surface area contributed by atoms with Crippen molar-refractivity contribution in [3.63, 3.8) is 0 Å². The summed E-state index contributed by atoms with van der Waals surface area (Å²) in [5, 5.41) is 3.39. The van der Waals surface area contributed by atoms with Crippen LogP contribution in [0.4, 0.5) is 4.39 Å². The smallest absolute Gasteiger partial charge is 0.212 e. The summed E-state index contributed by atoms with van der Waals surface area (Å²) in [7, 11) is 0. The first-order valence-electron chi connectivity index (χ1n) is 7.19. The Labute approximate surface area is 121 Å². The zero-order chi connectivity index (χ0) is 14.2. The summed E-state index contributed by atoms with van der Waals surface area (Å²) in [5.74, 6) is 0.537. The predicted molar refractivity (Wildman–Crippen MR) is 79.4 cm³/mol. The van der Waals surface area contributed by atoms with Gasteiger partial charge in [-0.15, -0.1) is 0 Å². The molecule has 1 N–H and O–H groups in total. The molecule has 2 heterocycles. The molecule has 1 unspecified atom stereocenters. The summed E-state index contributed by atoms with van der Waals surface area (Å²) in [4.78, 5) is 4.60. The molecule has 1 aliphatic rings. The van der Waals surface area contributed by atoms with Gasteiger partial charge in [-0.1, -0.05) is 18.2 Å². The average Bonchev–Trinajstić information content (AvgIpc) is 3.16. The van der Waals surface area contributed by atoms with Crippen LogP contribution in [0.15, 0.2) is 46.9 Å². The average molecular weight is 282 g/mol. The van der Waals surface area contributed by atoms with Gasteiger partial charge in [0, 0.05) is 0 Å². The van der Waals surface area contributed by atoms with Gasteiger partial charge in [0.2, 0.25) is 5.89 Å². The molecule has 0 bridgehead atoms. The Morgan fingerprint density at radius 1 is 1.10 bits per heavy atom. The minimum atomic E-state index is -0.226. The summed E-state index contributed by atoms with van der Waals surface area (Å²) in [6.07, 6.45) is 2.22. The van der Waals surface area contributed by atoms with Crippen molar-refractivity contribution in [1.82, 2.24) is 10.3 Å². The van der Waals surface area contributed by atoms with E-state index in [0.717, 1.165) is 47.5 Å². The number of hydrogen-bond donors (Lipinski definition) is 1. The molecule has 21 heavy (non-hydrogen) atoms. The monoisotopic (exact) mass is 282 g/mol. The van der Waals surface area contributed by atoms with Crippen LogP contribution in [-0.4, -0.2) is 11.5 Å². The van der Waals surface area contributed by atoms with E-state index in [-0.39, 0.29) is 11.9 Å². The molecule has 1 aliphatic heterocycles. The maximum absolute atomic E-state index is 13.0. The lowest BCUT2D eigenvalue weighted by molar-refractivity contribution is 0.452. The molecule has 0 radical (unpaired) electrons. The molecular weight excluding hydrogens is 267 g/mol. The zero-order valence-corrected chi connectivity index (χ0v) is 11.5. The molecule has 0 aliphatic carbocycles. The minimum Gasteiger partial charge on any atom is -0.439 e. The number of fused-ring (bicyclic) bond motifs is 1. The van der Waals surface area contributed by atoms with E-state index in [1.54, 1.807) is 12.1 Å². The van der Waals surface area contributed by atoms with Gasteiger partial charge in [-0.25, -0.2) is 9.37 Å². The molecule has 0 amide bonds. The molecule has 0 spiro atoms. The Hall–Kier alpha value is -2.20. The number of hydrogen-bond acceptors (Lipinski definition) is 3. The number of nitrogens with zero attached hydrogens (tertiary/aromatic N) is 1. The molecule has 1 fully saturated rings. The fourth-order valence-electron chi connectivity index (χ4n) is 2.81. The zero-order valence-electron chi connectivity index (χ0n) is 11.5. The molecule has 1 saturated heterocycles. The van der Waals surface area contributed by atoms with Crippen LogP contribution < -0.4 is 5.32 Å². The third-order valence-electron chi connectivity index (χ3n) is 3.94. The van der Waals surface area contributed by atoms with Crippen LogP contribution in [0.2, 0.25) is 0 Å². The summed E-state index contributed by atoms with van der Waals surface area (Å²) in [6.45, 7) is 1.02. The molecule has 1 aromatic heterocycles. The van der Waals surface area contributed by atoms with Gasteiger partial charge >= 0.3 is 0 Å². The van der Waals surface area contributed by atoms with Crippen LogP contribution in [0.5, 0.6) is 0 Å². The molecular formula is C17H15FN2O. The number of rotatable bonds is 2. The van der Waals surface area contributed by atoms with Crippen LogP contribution in [0.1, 0.15) is 24.8 Å². The second-order valence-corrected chi connectivity index (χ2v) is 5.39. The van der Waals surface area contributed by atoms with Crippen molar-refractivity contribution in [3.05, 3.63) is 54.2 Å². The third kappa shape index (κ3) is 2.32. The van der Waals surface area contributed by atoms with E-state index >= 15 is 0 Å². The summed E-state index contributed by atoms with van der Waals surface area (Å²) < 4.78 is 18.8. The number of aromatic nitrogens is 1. The van der Waals surface area contributed by atoms with E-state index in [0.29, 0.717) is 0 Å². The van der Waals surface area contributed by atoms with E-state index in [4.69, 9.17) is 4.42 Å². The number of halogens is 1. The second kappa shape index (κ2) is 4.97. The Kier molecular flexibility index (Phi) is 2.97. The van der Waals surface area contributed by atoms with Gasteiger partial charge in [0.25, 0.3) is 0 Å². The number of benzene rings is 2. The molecule has 2 aromatic carbocycles. The Bertz CT molecular complexity index is 773. The van der Waals surface area contributed by atoms with Gasteiger partial charge in [0.15, 0.2) is 5.58 Å². The van der Waals surface area contributed by atoms with Crippen molar-refractivity contribution in [2.75, 3.05) is 6.54 Å². The largest absolute Gasteiger partial charge is 0.439 e. The Morgan fingerprint density at radius 3 is 2.67 bits per heavy atom. The lowest BCUT2D eigenvalue weighted by atomic mass is 10.1. The maximum Gasteiger partial charge on any atom is 0.212 e. The van der Waals surface area contributed by atoms with E-state index in [9.17, 15) is 4.39 Å². The fourth-order valence-corrected chi connectivity index (χ4v) is 2.81. The van der Waals surface area contributed by atoms with Crippen molar-refractivity contribution in [2.45, 2.75) is 18.9 Å². The fraction of sp³-hybridized carbons (Fsp3) is 0.235. The SMILES string of the molecule is Fc1ccc(-c2ccc3oc(C4CCCN4)nc3c2)cc1. The van der Waals surface area contributed by atoms with Crippen LogP contribution in [0.3, 0.4) is 0 Å². The summed E-state index contributed by atoms with van der Waals surface area (Å²) in [6, 6.07) is 12.6. The first-order valence-corrected chi connectivity index (χ1v) is 7.19. The standard InChI is InChI=1S/C17H15FN2O/c18-13-6-3-11(4-7-13)12-5-8-16-15(10-12)20-17(21-16)14-2-1-9-19-14/h3-8,10,14,19H,1-2,9H2. The Balaban J connectivity index is 1.73. The van der Waals surface area contributed by atoms with Crippen molar-refractivity contribution >= 4 is 11.1 Å². The van der Waals surface area contributed by atoms with Crippen LogP contribution in [0, 0.1) is 5.82 Å². The lowest BCUT2D eigenvalue weighted by Gasteiger charge is -2.02. The van der Waals surface area contributed by atoms with E-state index in [1.165, 1.54) is 12.1 Å². The molecule has 106 valence electrons. The van der Waals surface area contributed by atoms with Crippen LogP contribution in [0.25, 0.3) is 22.2 Å². The normalized spacial score (nSPS) is 18.4. The van der Waals surface area contributed by atoms with Crippen LogP contribution >= 0.6 is 0 Å². The molecule has 4 heteroatoms. The second-order valence-electron chi connectivity index (χ2n) is 5.39. The van der Waals surface area contributed by atoms with Gasteiger partial charge in [-0.2, -0.15) is 0 Å². The highest BCUT2D eigenvalue weighted by atomic mass is 19.1. The van der Waals surface area contributed by atoms with E-state index < -0.39 is 0 Å². The highest BCUT2D eigenvalue weighted by molar-refractivity contribution is 5.80. The van der Waals surface area contributed by atoms with Gasteiger partial charge < -0.3 is 9.73 Å². The van der Waals surface area contributed by atoms with Gasteiger partial charge in [0.05, 0.1) is 6.04 Å². The third-order valence-corrected chi connectivity index (χ3v) is 3.94. The minimum absolute atomic E-state index is 0.226. The quantitative estimate of drug-likeness (QED) is 0.770. The molecule has 3 aromatic rings. The lowest BCUT2D eigenvalue weighted by Crippen LogP contribution is -2.12. The molecule has 3 nitrogen and oxygen atoms in total. The molecule has 4 rings (SSSR count). The van der Waals surface area contributed by atoms with Gasteiger partial charge in [-0.05, 0) is 54.8 Å². The first-order chi connectivity index (χ1) is 10.3. The maximum atomic E-state index is 13.0. The Morgan fingerprint density at radius 2 is 1.90 bits per heavy atom. The van der Waals surface area contributed by atoms with Crippen molar-refractivity contribution in [3.8, 4) is 11.1 Å². The summed E-state index contributed by atoms with van der Waals surface area (Å²) in [5.41, 5.74) is 3.63. The number of nitrogens with one attached hydrogen (secondary N) is 1. The first kappa shape index (κ1) is 12.5. The summed E-state index contributed by atoms with van der Waals surface area (Å²) >= 11 is 0. The van der Waals surface area contributed by atoms with Crippen molar-refractivity contribution in [1.29, 1.82) is 0 Å². The highest BCUT2D eigenvalue weighted by Gasteiger charge is 2.21. The predicted octanol–water partition coefficient (Wildman–Crippen LogP) is 4.06. The molecule has 0 saturated carbocycles. The van der Waals surface area contributed by atoms with E-state index in [2.05, 4.69) is 10.3 Å². The number of oxazole rings is 1. The highest BCUT2D eigenvalue weighted by Crippen LogP contribution is 2.29.